The van der Waals surface area contributed by atoms with E-state index in [1.54, 1.807) is 24.3 Å². The van der Waals surface area contributed by atoms with Crippen molar-refractivity contribution in [2.24, 2.45) is 0 Å². The Morgan fingerprint density at radius 2 is 1.79 bits per heavy atom. The Morgan fingerprint density at radius 3 is 2.14 bits per heavy atom. The summed E-state index contributed by atoms with van der Waals surface area (Å²) in [5, 5.41) is 0. The predicted molar refractivity (Wildman–Crippen MR) is 53.7 cm³/mol. The van der Waals surface area contributed by atoms with Crippen LogP contribution in [-0.4, -0.2) is 5.78 Å². The first-order valence-corrected chi connectivity index (χ1v) is 4.57. The summed E-state index contributed by atoms with van der Waals surface area (Å²) < 4.78 is 11.4. The lowest BCUT2D eigenvalue weighted by atomic mass is 10.1. The SMILES string of the molecule is CC.CC(=O)c1ccc(COF)cc1. The second-order valence-corrected chi connectivity index (χ2v) is 2.51. The molecule has 0 amide bonds. The maximum Gasteiger partial charge on any atom is 0.159 e. The van der Waals surface area contributed by atoms with Gasteiger partial charge in [0.1, 0.15) is 6.61 Å². The monoisotopic (exact) mass is 198 g/mol. The molecule has 1 aromatic carbocycles. The van der Waals surface area contributed by atoms with Crippen LogP contribution in [0.2, 0.25) is 0 Å². The number of ketones is 1. The second kappa shape index (κ2) is 7.21. The van der Waals surface area contributed by atoms with Crippen LogP contribution >= 0.6 is 0 Å². The average Bonchev–Trinajstić information content (AvgIpc) is 2.22. The Balaban J connectivity index is 0.000000791. The molecular weight excluding hydrogens is 183 g/mol. The van der Waals surface area contributed by atoms with Crippen LogP contribution in [0.3, 0.4) is 0 Å². The summed E-state index contributed by atoms with van der Waals surface area (Å²) in [6, 6.07) is 6.62. The molecule has 0 aliphatic carbocycles. The molecule has 0 N–H and O–H groups in total. The molecular formula is C11H15FO2. The van der Waals surface area contributed by atoms with Crippen LogP contribution in [0, 0.1) is 0 Å². The molecule has 14 heavy (non-hydrogen) atoms. The maximum absolute atomic E-state index is 11.4. The molecule has 78 valence electrons. The van der Waals surface area contributed by atoms with Gasteiger partial charge in [0.15, 0.2) is 5.78 Å². The van der Waals surface area contributed by atoms with Gasteiger partial charge in [-0.15, -0.1) is 0 Å². The molecule has 1 rings (SSSR count). The minimum atomic E-state index is -0.0712. The van der Waals surface area contributed by atoms with Gasteiger partial charge in [-0.05, 0) is 17.0 Å². The van der Waals surface area contributed by atoms with E-state index in [1.807, 2.05) is 13.8 Å². The lowest BCUT2D eigenvalue weighted by Gasteiger charge is -1.97. The van der Waals surface area contributed by atoms with E-state index in [2.05, 4.69) is 4.94 Å². The van der Waals surface area contributed by atoms with Crippen molar-refractivity contribution in [3.05, 3.63) is 35.4 Å². The molecule has 2 nitrogen and oxygen atoms in total. The van der Waals surface area contributed by atoms with E-state index in [0.29, 0.717) is 11.1 Å². The van der Waals surface area contributed by atoms with Gasteiger partial charge < -0.3 is 0 Å². The molecule has 0 fully saturated rings. The molecule has 0 aromatic heterocycles. The highest BCUT2D eigenvalue weighted by Crippen LogP contribution is 2.06. The minimum absolute atomic E-state index is 0.00252. The third kappa shape index (κ3) is 4.14. The maximum atomic E-state index is 11.4. The summed E-state index contributed by atoms with van der Waals surface area (Å²) in [4.78, 5) is 14.3. The summed E-state index contributed by atoms with van der Waals surface area (Å²) in [5.74, 6) is 0.00252. The van der Waals surface area contributed by atoms with E-state index >= 15 is 0 Å². The van der Waals surface area contributed by atoms with Crippen LogP contribution in [0.4, 0.5) is 4.53 Å². The van der Waals surface area contributed by atoms with Gasteiger partial charge in [-0.3, -0.25) is 4.79 Å². The van der Waals surface area contributed by atoms with Crippen LogP contribution in [0.5, 0.6) is 0 Å². The molecule has 0 atom stereocenters. The molecule has 1 aromatic rings. The summed E-state index contributed by atoms with van der Waals surface area (Å²) >= 11 is 0. The van der Waals surface area contributed by atoms with E-state index in [0.717, 1.165) is 0 Å². The van der Waals surface area contributed by atoms with Crippen molar-refractivity contribution in [1.29, 1.82) is 0 Å². The summed E-state index contributed by atoms with van der Waals surface area (Å²) in [5.41, 5.74) is 1.33. The first-order chi connectivity index (χ1) is 6.74. The second-order valence-electron chi connectivity index (χ2n) is 2.51. The molecule has 0 spiro atoms. The normalized spacial score (nSPS) is 8.86. The van der Waals surface area contributed by atoms with Gasteiger partial charge in [-0.25, -0.2) is 0 Å². The lowest BCUT2D eigenvalue weighted by molar-refractivity contribution is -0.144. The topological polar surface area (TPSA) is 26.3 Å². The Hall–Kier alpha value is -1.22. The number of halogens is 1. The predicted octanol–water partition coefficient (Wildman–Crippen LogP) is 3.32. The highest BCUT2D eigenvalue weighted by atomic mass is 19.3. The molecule has 0 aliphatic heterocycles. The van der Waals surface area contributed by atoms with Crippen molar-refractivity contribution in [3.8, 4) is 0 Å². The zero-order chi connectivity index (χ0) is 11.0. The van der Waals surface area contributed by atoms with Gasteiger partial charge in [0, 0.05) is 5.56 Å². The van der Waals surface area contributed by atoms with Gasteiger partial charge in [-0.2, -0.15) is 4.94 Å². The number of carbonyl (C=O) groups excluding carboxylic acids is 1. The van der Waals surface area contributed by atoms with Crippen molar-refractivity contribution in [2.45, 2.75) is 27.4 Å². The molecule has 0 saturated carbocycles. The Kier molecular flexibility index (Phi) is 6.58. The van der Waals surface area contributed by atoms with E-state index < -0.39 is 0 Å². The molecule has 0 heterocycles. The van der Waals surface area contributed by atoms with Gasteiger partial charge >= 0.3 is 0 Å². The number of hydrogen-bond donors (Lipinski definition) is 0. The van der Waals surface area contributed by atoms with Crippen LogP contribution in [0.15, 0.2) is 24.3 Å². The number of Topliss-reactive ketones (excluding diaryl/α,β-unsaturated/α-hetero) is 1. The molecule has 0 aliphatic rings. The van der Waals surface area contributed by atoms with Gasteiger partial charge in [0.05, 0.1) is 0 Å². The van der Waals surface area contributed by atoms with Crippen LogP contribution in [0.1, 0.15) is 36.7 Å². The van der Waals surface area contributed by atoms with Crippen LogP contribution < -0.4 is 0 Å². The van der Waals surface area contributed by atoms with Gasteiger partial charge in [-0.1, -0.05) is 38.1 Å². The third-order valence-corrected chi connectivity index (χ3v) is 1.58. The van der Waals surface area contributed by atoms with Crippen molar-refractivity contribution >= 4 is 5.78 Å². The quantitative estimate of drug-likeness (QED) is 0.696. The Morgan fingerprint density at radius 1 is 1.29 bits per heavy atom. The van der Waals surface area contributed by atoms with Gasteiger partial charge in [0.2, 0.25) is 0 Å². The van der Waals surface area contributed by atoms with E-state index in [4.69, 9.17) is 0 Å². The fourth-order valence-electron chi connectivity index (χ4n) is 0.899. The first-order valence-electron chi connectivity index (χ1n) is 4.57. The fraction of sp³-hybridized carbons (Fsp3) is 0.364. The Labute approximate surface area is 83.6 Å². The van der Waals surface area contributed by atoms with E-state index in [1.165, 1.54) is 6.92 Å². The fourth-order valence-corrected chi connectivity index (χ4v) is 0.899. The third-order valence-electron chi connectivity index (χ3n) is 1.58. The molecule has 3 heteroatoms. The number of hydrogen-bond acceptors (Lipinski definition) is 2. The molecule has 0 bridgehead atoms. The smallest absolute Gasteiger partial charge is 0.159 e. The summed E-state index contributed by atoms with van der Waals surface area (Å²) in [7, 11) is 0. The molecule has 0 radical (unpaired) electrons. The molecule has 0 unspecified atom stereocenters. The van der Waals surface area contributed by atoms with Crippen LogP contribution in [0.25, 0.3) is 0 Å². The number of benzene rings is 1. The van der Waals surface area contributed by atoms with Crippen LogP contribution in [-0.2, 0) is 11.5 Å². The van der Waals surface area contributed by atoms with E-state index in [-0.39, 0.29) is 12.4 Å². The largest absolute Gasteiger partial charge is 0.295 e. The van der Waals surface area contributed by atoms with Crippen molar-refractivity contribution in [3.63, 3.8) is 0 Å². The molecule has 0 saturated heterocycles. The zero-order valence-electron chi connectivity index (χ0n) is 8.71. The first kappa shape index (κ1) is 12.8. The standard InChI is InChI=1S/C9H9FO2.C2H6/c1-7(11)9-4-2-8(3-5-9)6-12-10;1-2/h2-5H,6H2,1H3;1-2H3. The summed E-state index contributed by atoms with van der Waals surface area (Å²) in [6.07, 6.45) is 0. The summed E-state index contributed by atoms with van der Waals surface area (Å²) in [6.45, 7) is 5.42. The van der Waals surface area contributed by atoms with E-state index in [9.17, 15) is 9.32 Å². The number of rotatable bonds is 3. The van der Waals surface area contributed by atoms with Crippen molar-refractivity contribution in [1.82, 2.24) is 0 Å². The van der Waals surface area contributed by atoms with Crippen molar-refractivity contribution < 1.29 is 14.3 Å². The number of carbonyl (C=O) groups is 1. The van der Waals surface area contributed by atoms with Gasteiger partial charge in [0.25, 0.3) is 0 Å². The zero-order valence-corrected chi connectivity index (χ0v) is 8.71. The highest BCUT2D eigenvalue weighted by Gasteiger charge is 1.98. The lowest BCUT2D eigenvalue weighted by Crippen LogP contribution is -1.92. The van der Waals surface area contributed by atoms with Crippen molar-refractivity contribution in [2.75, 3.05) is 0 Å². The minimum Gasteiger partial charge on any atom is -0.295 e. The average molecular weight is 198 g/mol. The highest BCUT2D eigenvalue weighted by molar-refractivity contribution is 5.93. The Bertz CT molecular complexity index is 267.